The Bertz CT molecular complexity index is 707. The summed E-state index contributed by atoms with van der Waals surface area (Å²) in [6, 6.07) is 12.1. The maximum Gasteiger partial charge on any atom is 0.344 e. The highest BCUT2D eigenvalue weighted by atomic mass is 35.5. The molecule has 0 N–H and O–H groups in total. The van der Waals surface area contributed by atoms with Gasteiger partial charge in [-0.25, -0.2) is 4.79 Å². The Kier molecular flexibility index (Phi) is 5.77. The molecule has 0 unspecified atom stereocenters. The van der Waals surface area contributed by atoms with Gasteiger partial charge >= 0.3 is 5.97 Å². The minimum atomic E-state index is -0.590. The van der Waals surface area contributed by atoms with Crippen molar-refractivity contribution < 1.29 is 19.1 Å². The van der Waals surface area contributed by atoms with E-state index >= 15 is 0 Å². The number of hydrogen-bond donors (Lipinski definition) is 0. The lowest BCUT2D eigenvalue weighted by Gasteiger charge is -2.09. The van der Waals surface area contributed by atoms with Crippen molar-refractivity contribution in [1.29, 1.82) is 0 Å². The van der Waals surface area contributed by atoms with Crippen LogP contribution in [-0.4, -0.2) is 25.0 Å². The van der Waals surface area contributed by atoms with Gasteiger partial charge in [-0.1, -0.05) is 23.7 Å². The van der Waals surface area contributed by atoms with Crippen LogP contribution in [0.4, 0.5) is 0 Å². The second-order valence-electron chi connectivity index (χ2n) is 5.15. The van der Waals surface area contributed by atoms with Crippen LogP contribution in [0.2, 0.25) is 5.02 Å². The number of ether oxygens (including phenoxy) is 2. The lowest BCUT2D eigenvalue weighted by atomic mass is 10.1. The molecule has 23 heavy (non-hydrogen) atoms. The number of esters is 1. The Morgan fingerprint density at radius 2 is 1.70 bits per heavy atom. The fourth-order valence-electron chi connectivity index (χ4n) is 1.91. The summed E-state index contributed by atoms with van der Waals surface area (Å²) in [5, 5.41) is 0.542. The van der Waals surface area contributed by atoms with Gasteiger partial charge in [-0.15, -0.1) is 0 Å². The minimum Gasteiger partial charge on any atom is -0.482 e. The summed E-state index contributed by atoms with van der Waals surface area (Å²) in [7, 11) is 0. The summed E-state index contributed by atoms with van der Waals surface area (Å²) in [5.74, 6) is -0.249. The van der Waals surface area contributed by atoms with Crippen LogP contribution in [0.5, 0.6) is 5.75 Å². The van der Waals surface area contributed by atoms with E-state index in [1.54, 1.807) is 24.3 Å². The summed E-state index contributed by atoms with van der Waals surface area (Å²) >= 11 is 5.75. The summed E-state index contributed by atoms with van der Waals surface area (Å²) < 4.78 is 10.4. The molecule has 0 amide bonds. The third kappa shape index (κ3) is 5.11. The van der Waals surface area contributed by atoms with Crippen LogP contribution in [0, 0.1) is 13.8 Å². The Hall–Kier alpha value is -2.33. The van der Waals surface area contributed by atoms with E-state index in [-0.39, 0.29) is 19.0 Å². The molecule has 0 aliphatic rings. The molecule has 4 nitrogen and oxygen atoms in total. The van der Waals surface area contributed by atoms with E-state index in [1.807, 2.05) is 32.0 Å². The molecule has 0 saturated heterocycles. The van der Waals surface area contributed by atoms with Crippen LogP contribution in [-0.2, 0) is 9.53 Å². The molecule has 2 aromatic rings. The van der Waals surface area contributed by atoms with E-state index in [0.717, 1.165) is 11.1 Å². The minimum absolute atomic E-state index is 0.238. The lowest BCUT2D eigenvalue weighted by Crippen LogP contribution is -2.19. The highest BCUT2D eigenvalue weighted by Gasteiger charge is 2.11. The molecule has 0 heterocycles. The number of hydrogen-bond acceptors (Lipinski definition) is 4. The molecule has 2 rings (SSSR count). The summed E-state index contributed by atoms with van der Waals surface area (Å²) in [6.45, 7) is 3.27. The molecular formula is C18H17ClO4. The first-order valence-corrected chi connectivity index (χ1v) is 7.48. The van der Waals surface area contributed by atoms with Gasteiger partial charge in [-0.3, -0.25) is 4.79 Å². The van der Waals surface area contributed by atoms with Crippen LogP contribution in [0.25, 0.3) is 0 Å². The molecule has 5 heteroatoms. The van der Waals surface area contributed by atoms with E-state index in [0.29, 0.717) is 16.3 Å². The van der Waals surface area contributed by atoms with Crippen molar-refractivity contribution in [3.05, 3.63) is 64.2 Å². The van der Waals surface area contributed by atoms with Crippen molar-refractivity contribution in [2.45, 2.75) is 13.8 Å². The number of rotatable bonds is 6. The van der Waals surface area contributed by atoms with Crippen LogP contribution in [0.3, 0.4) is 0 Å². The smallest absolute Gasteiger partial charge is 0.344 e. The third-order valence-electron chi connectivity index (χ3n) is 3.22. The van der Waals surface area contributed by atoms with E-state index in [1.165, 1.54) is 0 Å². The van der Waals surface area contributed by atoms with Gasteiger partial charge in [0.05, 0.1) is 0 Å². The summed E-state index contributed by atoms with van der Waals surface area (Å²) in [5.41, 5.74) is 2.41. The molecule has 0 spiro atoms. The van der Waals surface area contributed by atoms with Gasteiger partial charge in [-0.2, -0.15) is 0 Å². The zero-order valence-corrected chi connectivity index (χ0v) is 13.7. The SMILES string of the molecule is Cc1ccc(C)c(OCC(=O)OCC(=O)c2ccc(Cl)cc2)c1. The zero-order valence-electron chi connectivity index (χ0n) is 13.0. The third-order valence-corrected chi connectivity index (χ3v) is 3.47. The fraction of sp³-hybridized carbons (Fsp3) is 0.222. The molecule has 0 aromatic heterocycles. The standard InChI is InChI=1S/C18H17ClO4/c1-12-3-4-13(2)17(9-12)22-11-18(21)23-10-16(20)14-5-7-15(19)8-6-14/h3-9H,10-11H2,1-2H3. The number of carbonyl (C=O) groups excluding carboxylic acids is 2. The van der Waals surface area contributed by atoms with Crippen molar-refractivity contribution in [3.8, 4) is 5.75 Å². The first-order valence-electron chi connectivity index (χ1n) is 7.10. The Labute approximate surface area is 140 Å². The topological polar surface area (TPSA) is 52.6 Å². The number of ketones is 1. The van der Waals surface area contributed by atoms with Crippen LogP contribution in [0.1, 0.15) is 21.5 Å². The fourth-order valence-corrected chi connectivity index (χ4v) is 2.03. The van der Waals surface area contributed by atoms with Gasteiger partial charge in [0.2, 0.25) is 0 Å². The normalized spacial score (nSPS) is 10.2. The maximum atomic E-state index is 11.9. The highest BCUT2D eigenvalue weighted by Crippen LogP contribution is 2.19. The molecule has 0 aliphatic heterocycles. The van der Waals surface area contributed by atoms with Gasteiger partial charge in [-0.05, 0) is 55.3 Å². The Balaban J connectivity index is 1.82. The van der Waals surface area contributed by atoms with E-state index in [4.69, 9.17) is 21.1 Å². The second-order valence-corrected chi connectivity index (χ2v) is 5.58. The summed E-state index contributed by atoms with van der Waals surface area (Å²) in [6.07, 6.45) is 0. The first-order chi connectivity index (χ1) is 11.0. The Morgan fingerprint density at radius 1 is 1.00 bits per heavy atom. The second kappa shape index (κ2) is 7.79. The molecule has 2 aromatic carbocycles. The highest BCUT2D eigenvalue weighted by molar-refractivity contribution is 6.30. The number of aryl methyl sites for hydroxylation is 2. The van der Waals surface area contributed by atoms with Crippen LogP contribution in [0.15, 0.2) is 42.5 Å². The quantitative estimate of drug-likeness (QED) is 0.597. The van der Waals surface area contributed by atoms with Crippen LogP contribution < -0.4 is 4.74 Å². The van der Waals surface area contributed by atoms with Crippen LogP contribution >= 0.6 is 11.6 Å². The molecule has 0 bridgehead atoms. The molecule has 0 fully saturated rings. The van der Waals surface area contributed by atoms with Gasteiger partial charge in [0.1, 0.15) is 5.75 Å². The van der Waals surface area contributed by atoms with Crippen molar-refractivity contribution >= 4 is 23.4 Å². The van der Waals surface area contributed by atoms with E-state index in [9.17, 15) is 9.59 Å². The zero-order chi connectivity index (χ0) is 16.8. The van der Waals surface area contributed by atoms with Gasteiger partial charge in [0.25, 0.3) is 0 Å². The molecule has 0 aliphatic carbocycles. The molecule has 0 saturated carbocycles. The number of benzene rings is 2. The molecule has 0 atom stereocenters. The van der Waals surface area contributed by atoms with E-state index < -0.39 is 5.97 Å². The van der Waals surface area contributed by atoms with Crippen molar-refractivity contribution in [1.82, 2.24) is 0 Å². The predicted molar refractivity (Wildman–Crippen MR) is 88.2 cm³/mol. The molecule has 0 radical (unpaired) electrons. The Morgan fingerprint density at radius 3 is 2.39 bits per heavy atom. The number of halogens is 1. The molecular weight excluding hydrogens is 316 g/mol. The van der Waals surface area contributed by atoms with Crippen molar-refractivity contribution in [2.75, 3.05) is 13.2 Å². The van der Waals surface area contributed by atoms with Crippen molar-refractivity contribution in [3.63, 3.8) is 0 Å². The van der Waals surface area contributed by atoms with Gasteiger partial charge in [0.15, 0.2) is 19.0 Å². The average Bonchev–Trinajstić information content (AvgIpc) is 2.54. The van der Waals surface area contributed by atoms with Gasteiger partial charge < -0.3 is 9.47 Å². The van der Waals surface area contributed by atoms with Crippen molar-refractivity contribution in [2.24, 2.45) is 0 Å². The average molecular weight is 333 g/mol. The number of Topliss-reactive ketones (excluding diaryl/α,β-unsaturated/α-hetero) is 1. The lowest BCUT2D eigenvalue weighted by molar-refractivity contribution is -0.144. The van der Waals surface area contributed by atoms with Gasteiger partial charge in [0, 0.05) is 10.6 Å². The molecule has 120 valence electrons. The van der Waals surface area contributed by atoms with E-state index in [2.05, 4.69) is 0 Å². The largest absolute Gasteiger partial charge is 0.482 e. The summed E-state index contributed by atoms with van der Waals surface area (Å²) in [4.78, 5) is 23.6. The first kappa shape index (κ1) is 17.0. The maximum absolute atomic E-state index is 11.9. The predicted octanol–water partition coefficient (Wildman–Crippen LogP) is 3.76. The number of carbonyl (C=O) groups is 2. The monoisotopic (exact) mass is 332 g/mol.